The minimum Gasteiger partial charge on any atom is -0.494 e. The molecule has 1 aromatic carbocycles. The number of benzene rings is 1. The number of nitrogens with one attached hydrogen (secondary N) is 3. The van der Waals surface area contributed by atoms with Crippen LogP contribution in [-0.2, 0) is 12.6 Å². The van der Waals surface area contributed by atoms with E-state index in [-0.39, 0.29) is 35.3 Å². The first-order chi connectivity index (χ1) is 20.5. The maximum Gasteiger partial charge on any atom is 0.417 e. The highest BCUT2D eigenvalue weighted by Gasteiger charge is 2.33. The quantitative estimate of drug-likeness (QED) is 0.183. The summed E-state index contributed by atoms with van der Waals surface area (Å²) in [6.07, 6.45) is 8.64. The fourth-order valence-corrected chi connectivity index (χ4v) is 4.66. The first kappa shape index (κ1) is 29.4. The van der Waals surface area contributed by atoms with Crippen molar-refractivity contribution < 1.29 is 31.9 Å². The Morgan fingerprint density at radius 3 is 2.77 bits per heavy atom. The molecule has 3 aromatic rings. The number of aromatic amines is 1. The molecule has 8 nitrogen and oxygen atoms in total. The van der Waals surface area contributed by atoms with Crippen molar-refractivity contribution in [3.05, 3.63) is 99.5 Å². The highest BCUT2D eigenvalue weighted by molar-refractivity contribution is 5.99. The Morgan fingerprint density at radius 2 is 2.05 bits per heavy atom. The summed E-state index contributed by atoms with van der Waals surface area (Å²) in [5, 5.41) is 15.8. The number of alkyl halides is 3. The Morgan fingerprint density at radius 1 is 1.23 bits per heavy atom. The van der Waals surface area contributed by atoms with E-state index in [4.69, 9.17) is 0 Å². The van der Waals surface area contributed by atoms with Crippen molar-refractivity contribution in [3.8, 4) is 5.88 Å². The van der Waals surface area contributed by atoms with E-state index in [1.54, 1.807) is 18.4 Å². The van der Waals surface area contributed by atoms with Gasteiger partial charge in [0.25, 0.3) is 5.91 Å². The molecule has 5 rings (SSSR count). The number of nitrogens with zero attached hydrogens (tertiary/aromatic N) is 3. The molecule has 1 amide bonds. The largest absolute Gasteiger partial charge is 0.494 e. The Balaban J connectivity index is 1.27. The maximum absolute atomic E-state index is 13.7. The minimum atomic E-state index is -4.74. The summed E-state index contributed by atoms with van der Waals surface area (Å²) in [5.74, 6) is -3.17. The molecular weight excluding hydrogens is 571 g/mol. The molecule has 43 heavy (non-hydrogen) atoms. The third-order valence-electron chi connectivity index (χ3n) is 6.88. The molecule has 0 radical (unpaired) electrons. The number of aromatic hydroxyl groups is 1. The van der Waals surface area contributed by atoms with E-state index in [0.717, 1.165) is 23.4 Å². The van der Waals surface area contributed by atoms with E-state index < -0.39 is 35.3 Å². The van der Waals surface area contributed by atoms with E-state index in [2.05, 4.69) is 30.6 Å². The molecule has 1 aliphatic carbocycles. The predicted octanol–water partition coefficient (Wildman–Crippen LogP) is 6.21. The number of H-pyrrole nitrogens is 1. The zero-order valence-electron chi connectivity index (χ0n) is 22.6. The maximum atomic E-state index is 13.7. The second kappa shape index (κ2) is 12.0. The molecule has 0 spiro atoms. The van der Waals surface area contributed by atoms with Crippen LogP contribution in [0, 0.1) is 17.6 Å². The number of halogens is 5. The summed E-state index contributed by atoms with van der Waals surface area (Å²) >= 11 is 0. The summed E-state index contributed by atoms with van der Waals surface area (Å²) < 4.78 is 67.1. The fourth-order valence-electron chi connectivity index (χ4n) is 4.66. The van der Waals surface area contributed by atoms with Crippen LogP contribution in [-0.4, -0.2) is 40.1 Å². The highest BCUT2D eigenvalue weighted by Crippen LogP contribution is 2.34. The Kier molecular flexibility index (Phi) is 8.24. The molecular formula is C30H25F5N6O2. The van der Waals surface area contributed by atoms with Crippen LogP contribution in [0.5, 0.6) is 5.88 Å². The van der Waals surface area contributed by atoms with Gasteiger partial charge in [-0.3, -0.25) is 4.79 Å². The van der Waals surface area contributed by atoms with Crippen LogP contribution in [0.1, 0.15) is 51.3 Å². The summed E-state index contributed by atoms with van der Waals surface area (Å²) in [4.78, 5) is 27.8. The van der Waals surface area contributed by atoms with E-state index in [9.17, 15) is 31.9 Å². The lowest BCUT2D eigenvalue weighted by Crippen LogP contribution is -2.28. The van der Waals surface area contributed by atoms with E-state index >= 15 is 0 Å². The number of aromatic nitrogens is 2. The van der Waals surface area contributed by atoms with Gasteiger partial charge in [-0.1, -0.05) is 30.4 Å². The smallest absolute Gasteiger partial charge is 0.417 e. The zero-order chi connectivity index (χ0) is 30.7. The Labute approximate surface area is 242 Å². The average molecular weight is 597 g/mol. The SMILES string of the molecule is C[C@H](NC(=O)c1cc(C(F)(F)F)cnc1NC/C=C/C1C=Cc2c([nH]c(O)c2C=C2C=NC=N2)C1)c1ccc(F)c(F)c1. The molecule has 2 aliphatic rings. The highest BCUT2D eigenvalue weighted by atomic mass is 19.4. The van der Waals surface area contributed by atoms with Gasteiger partial charge in [-0.2, -0.15) is 13.2 Å². The van der Waals surface area contributed by atoms with Gasteiger partial charge in [-0.25, -0.2) is 23.7 Å². The molecule has 0 saturated heterocycles. The molecule has 2 atom stereocenters. The summed E-state index contributed by atoms with van der Waals surface area (Å²) in [6, 6.07) is 2.92. The fraction of sp³-hybridized carbons (Fsp3) is 0.200. The van der Waals surface area contributed by atoms with Gasteiger partial charge in [0.05, 0.1) is 29.1 Å². The lowest BCUT2D eigenvalue weighted by molar-refractivity contribution is -0.137. The van der Waals surface area contributed by atoms with E-state index in [0.29, 0.717) is 29.9 Å². The summed E-state index contributed by atoms with van der Waals surface area (Å²) in [7, 11) is 0. The summed E-state index contributed by atoms with van der Waals surface area (Å²) in [5.41, 5.74) is 1.64. The number of rotatable bonds is 8. The van der Waals surface area contributed by atoms with E-state index in [1.165, 1.54) is 19.3 Å². The van der Waals surface area contributed by atoms with Gasteiger partial charge >= 0.3 is 6.18 Å². The monoisotopic (exact) mass is 596 g/mol. The van der Waals surface area contributed by atoms with Crippen LogP contribution >= 0.6 is 0 Å². The number of pyridine rings is 1. The van der Waals surface area contributed by atoms with Crippen molar-refractivity contribution >= 4 is 36.4 Å². The number of aliphatic imine (C=N–C) groups is 2. The van der Waals surface area contributed by atoms with Crippen molar-refractivity contribution in [3.63, 3.8) is 0 Å². The topological polar surface area (TPSA) is 115 Å². The number of amides is 1. The van der Waals surface area contributed by atoms with Gasteiger partial charge in [-0.15, -0.1) is 0 Å². The van der Waals surface area contributed by atoms with Gasteiger partial charge in [0.1, 0.15) is 12.2 Å². The van der Waals surface area contributed by atoms with Crippen molar-refractivity contribution in [2.24, 2.45) is 15.9 Å². The van der Waals surface area contributed by atoms with Crippen molar-refractivity contribution in [1.29, 1.82) is 0 Å². The molecule has 1 aliphatic heterocycles. The molecule has 0 fully saturated rings. The van der Waals surface area contributed by atoms with Gasteiger partial charge in [-0.05, 0) is 43.2 Å². The minimum absolute atomic E-state index is 0.0158. The second-order valence-electron chi connectivity index (χ2n) is 9.89. The number of hydrogen-bond donors (Lipinski definition) is 4. The molecule has 3 heterocycles. The van der Waals surface area contributed by atoms with Crippen LogP contribution in [0.2, 0.25) is 0 Å². The average Bonchev–Trinajstić information content (AvgIpc) is 3.59. The van der Waals surface area contributed by atoms with Crippen LogP contribution in [0.4, 0.5) is 27.8 Å². The molecule has 13 heteroatoms. The standard InChI is InChI=1S/C30H25F5N6O2/c1-16(18-5-7-24(31)25(32)10-18)40-29(43)23-11-19(30(33,34)35)13-38-27(23)37-8-2-3-17-4-6-21-22(12-20-14-36-15-39-20)28(42)41-26(21)9-17/h2-7,10-17,41-42H,8-9H2,1H3,(H,37,38)(H,40,43)/b3-2+,20-12?/t16-,17?/m0/s1. The van der Waals surface area contributed by atoms with Crippen molar-refractivity contribution in [2.45, 2.75) is 25.6 Å². The van der Waals surface area contributed by atoms with Crippen LogP contribution in [0.15, 0.2) is 64.4 Å². The molecule has 0 saturated carbocycles. The number of fused-ring (bicyclic) bond motifs is 1. The zero-order valence-corrected chi connectivity index (χ0v) is 22.6. The van der Waals surface area contributed by atoms with Gasteiger partial charge in [0, 0.05) is 35.5 Å². The first-order valence-electron chi connectivity index (χ1n) is 13.1. The van der Waals surface area contributed by atoms with E-state index in [1.807, 2.05) is 18.2 Å². The second-order valence-corrected chi connectivity index (χ2v) is 9.89. The predicted molar refractivity (Wildman–Crippen MR) is 153 cm³/mol. The van der Waals surface area contributed by atoms with Crippen LogP contribution in [0.3, 0.4) is 0 Å². The third kappa shape index (κ3) is 6.71. The van der Waals surface area contributed by atoms with Gasteiger partial charge in [0.15, 0.2) is 17.5 Å². The van der Waals surface area contributed by atoms with Gasteiger partial charge < -0.3 is 20.7 Å². The third-order valence-corrected chi connectivity index (χ3v) is 6.88. The number of allylic oxidation sites excluding steroid dienone is 3. The molecule has 0 bridgehead atoms. The van der Waals surface area contributed by atoms with Crippen molar-refractivity contribution in [1.82, 2.24) is 15.3 Å². The van der Waals surface area contributed by atoms with Gasteiger partial charge in [0.2, 0.25) is 0 Å². The normalized spacial score (nSPS) is 17.5. The Bertz CT molecular complexity index is 1690. The first-order valence-corrected chi connectivity index (χ1v) is 13.1. The van der Waals surface area contributed by atoms with Crippen molar-refractivity contribution in [2.75, 3.05) is 11.9 Å². The molecule has 4 N–H and O–H groups in total. The van der Waals surface area contributed by atoms with Crippen LogP contribution in [0.25, 0.3) is 12.2 Å². The molecule has 222 valence electrons. The van der Waals surface area contributed by atoms with Crippen LogP contribution < -0.4 is 10.6 Å². The number of anilines is 1. The number of carbonyl (C=O) groups is 1. The Hall–Kier alpha value is -5.07. The lowest BCUT2D eigenvalue weighted by Gasteiger charge is -2.17. The molecule has 2 aromatic heterocycles. The lowest BCUT2D eigenvalue weighted by atomic mass is 9.92. The number of hydrogen-bond acceptors (Lipinski definition) is 6. The summed E-state index contributed by atoms with van der Waals surface area (Å²) in [6.45, 7) is 1.63. The number of carbonyl (C=O) groups excluding carboxylic acids is 1. The molecule has 1 unspecified atom stereocenters.